The lowest BCUT2D eigenvalue weighted by Gasteiger charge is -2.19. The maximum absolute atomic E-state index is 4.41. The minimum atomic E-state index is 1.11. The van der Waals surface area contributed by atoms with Crippen LogP contribution in [-0.4, -0.2) is 4.98 Å². The highest BCUT2D eigenvalue weighted by Crippen LogP contribution is 2.39. The number of aromatic nitrogens is 1. The summed E-state index contributed by atoms with van der Waals surface area (Å²) in [5, 5.41) is 1.21. The Balaban J connectivity index is 2.35. The average Bonchev–Trinajstić information content (AvgIpc) is 2.27. The monoisotopic (exact) mass is 205 g/mol. The van der Waals surface area contributed by atoms with Crippen molar-refractivity contribution in [1.29, 1.82) is 0 Å². The van der Waals surface area contributed by atoms with Crippen LogP contribution in [0.1, 0.15) is 32.3 Å². The van der Waals surface area contributed by atoms with E-state index in [1.54, 1.807) is 5.57 Å². The van der Waals surface area contributed by atoms with Crippen LogP contribution in [0.15, 0.2) is 33.8 Å². The zero-order chi connectivity index (χ0) is 9.97. The van der Waals surface area contributed by atoms with Crippen molar-refractivity contribution in [2.45, 2.75) is 38.1 Å². The van der Waals surface area contributed by atoms with E-state index in [0.29, 0.717) is 0 Å². The third-order valence-corrected chi connectivity index (χ3v) is 4.00. The third-order valence-electron chi connectivity index (χ3n) is 2.62. The molecule has 74 valence electrons. The summed E-state index contributed by atoms with van der Waals surface area (Å²) in [6, 6.07) is 4.22. The lowest BCUT2D eigenvalue weighted by molar-refractivity contribution is 0.912. The Labute approximate surface area is 89.6 Å². The Hall–Kier alpha value is -0.760. The van der Waals surface area contributed by atoms with Gasteiger partial charge in [0.2, 0.25) is 0 Å². The molecule has 0 amide bonds. The molecule has 0 spiro atoms. The fourth-order valence-corrected chi connectivity index (χ4v) is 2.94. The largest absolute Gasteiger partial charge is 0.249 e. The van der Waals surface area contributed by atoms with Gasteiger partial charge in [0.25, 0.3) is 0 Å². The molecule has 1 aromatic heterocycles. The molecular weight excluding hydrogens is 190 g/mol. The van der Waals surface area contributed by atoms with E-state index in [2.05, 4.69) is 24.9 Å². The second kappa shape index (κ2) is 4.18. The van der Waals surface area contributed by atoms with Crippen LogP contribution in [0.4, 0.5) is 0 Å². The molecule has 2 heteroatoms. The van der Waals surface area contributed by atoms with Crippen LogP contribution in [-0.2, 0) is 6.42 Å². The molecule has 2 heterocycles. The zero-order valence-electron chi connectivity index (χ0n) is 8.71. The number of allylic oxidation sites excluding steroid dienone is 2. The van der Waals surface area contributed by atoms with Crippen LogP contribution >= 0.6 is 11.8 Å². The molecule has 1 aromatic rings. The van der Waals surface area contributed by atoms with E-state index < -0.39 is 0 Å². The quantitative estimate of drug-likeness (QED) is 0.728. The van der Waals surface area contributed by atoms with Crippen LogP contribution < -0.4 is 0 Å². The second-order valence-corrected chi connectivity index (χ2v) is 4.56. The van der Waals surface area contributed by atoms with Crippen molar-refractivity contribution in [2.24, 2.45) is 0 Å². The molecular formula is C12H15NS. The highest BCUT2D eigenvalue weighted by atomic mass is 32.2. The second-order valence-electron chi connectivity index (χ2n) is 3.48. The first-order valence-electron chi connectivity index (χ1n) is 5.17. The number of fused-ring (bicyclic) bond motifs is 1. The molecule has 0 aromatic carbocycles. The topological polar surface area (TPSA) is 12.9 Å². The molecule has 0 aliphatic carbocycles. The SMILES string of the molecule is CCC1=C(CC)Sc2ncccc2C1. The van der Waals surface area contributed by atoms with Gasteiger partial charge in [-0.25, -0.2) is 4.98 Å². The van der Waals surface area contributed by atoms with Crippen LogP contribution in [0, 0.1) is 0 Å². The van der Waals surface area contributed by atoms with E-state index in [0.717, 1.165) is 12.8 Å². The summed E-state index contributed by atoms with van der Waals surface area (Å²) in [6.07, 6.45) is 5.31. The van der Waals surface area contributed by atoms with Crippen molar-refractivity contribution in [2.75, 3.05) is 0 Å². The number of hydrogen-bond acceptors (Lipinski definition) is 2. The number of rotatable bonds is 2. The zero-order valence-corrected chi connectivity index (χ0v) is 9.53. The minimum absolute atomic E-state index is 1.11. The fraction of sp³-hybridized carbons (Fsp3) is 0.417. The molecule has 2 rings (SSSR count). The predicted molar refractivity (Wildman–Crippen MR) is 61.4 cm³/mol. The molecule has 0 radical (unpaired) electrons. The van der Waals surface area contributed by atoms with Gasteiger partial charge in [-0.3, -0.25) is 0 Å². The van der Waals surface area contributed by atoms with Gasteiger partial charge in [-0.15, -0.1) is 0 Å². The molecule has 1 nitrogen and oxygen atoms in total. The molecule has 0 unspecified atom stereocenters. The molecule has 0 N–H and O–H groups in total. The Morgan fingerprint density at radius 2 is 2.21 bits per heavy atom. The number of hydrogen-bond donors (Lipinski definition) is 0. The molecule has 0 bridgehead atoms. The molecule has 14 heavy (non-hydrogen) atoms. The summed E-state index contributed by atoms with van der Waals surface area (Å²) in [6.45, 7) is 4.47. The number of nitrogens with zero attached hydrogens (tertiary/aromatic N) is 1. The molecule has 1 aliphatic rings. The maximum atomic E-state index is 4.41. The Morgan fingerprint density at radius 3 is 2.93 bits per heavy atom. The van der Waals surface area contributed by atoms with Crippen molar-refractivity contribution < 1.29 is 0 Å². The summed E-state index contributed by atoms with van der Waals surface area (Å²) in [4.78, 5) is 5.94. The summed E-state index contributed by atoms with van der Waals surface area (Å²) in [5.74, 6) is 0. The Bertz CT molecular complexity index is 333. The van der Waals surface area contributed by atoms with Gasteiger partial charge in [-0.05, 0) is 35.8 Å². The van der Waals surface area contributed by atoms with Crippen LogP contribution in [0.2, 0.25) is 0 Å². The van der Waals surface area contributed by atoms with E-state index in [9.17, 15) is 0 Å². The number of pyridine rings is 1. The highest BCUT2D eigenvalue weighted by Gasteiger charge is 2.16. The van der Waals surface area contributed by atoms with Crippen LogP contribution in [0.5, 0.6) is 0 Å². The van der Waals surface area contributed by atoms with Gasteiger partial charge < -0.3 is 0 Å². The normalized spacial score (nSPS) is 15.6. The lowest BCUT2D eigenvalue weighted by atomic mass is 10.0. The van der Waals surface area contributed by atoms with Gasteiger partial charge in [-0.2, -0.15) is 0 Å². The van der Waals surface area contributed by atoms with Gasteiger partial charge in [0.1, 0.15) is 5.03 Å². The Kier molecular flexibility index (Phi) is 2.92. The first-order valence-corrected chi connectivity index (χ1v) is 5.99. The fourth-order valence-electron chi connectivity index (χ4n) is 1.81. The average molecular weight is 205 g/mol. The van der Waals surface area contributed by atoms with Crippen LogP contribution in [0.3, 0.4) is 0 Å². The highest BCUT2D eigenvalue weighted by molar-refractivity contribution is 8.03. The summed E-state index contributed by atoms with van der Waals surface area (Å²) in [7, 11) is 0. The standard InChI is InChI=1S/C12H15NS/c1-3-9-8-10-6-5-7-13-12(10)14-11(9)4-2/h5-7H,3-4,8H2,1-2H3. The van der Waals surface area contributed by atoms with E-state index in [4.69, 9.17) is 0 Å². The van der Waals surface area contributed by atoms with Crippen molar-refractivity contribution in [3.05, 3.63) is 34.4 Å². The molecule has 0 saturated carbocycles. The first kappa shape index (κ1) is 9.78. The van der Waals surface area contributed by atoms with Crippen molar-refractivity contribution >= 4 is 11.8 Å². The van der Waals surface area contributed by atoms with Gasteiger partial charge in [0.15, 0.2) is 0 Å². The summed E-state index contributed by atoms with van der Waals surface area (Å²) < 4.78 is 0. The Morgan fingerprint density at radius 1 is 1.36 bits per heavy atom. The predicted octanol–water partition coefficient (Wildman–Crippen LogP) is 3.80. The molecule has 0 fully saturated rings. The van der Waals surface area contributed by atoms with E-state index in [-0.39, 0.29) is 0 Å². The van der Waals surface area contributed by atoms with Gasteiger partial charge in [0, 0.05) is 6.20 Å². The summed E-state index contributed by atoms with van der Waals surface area (Å²) in [5.41, 5.74) is 2.99. The van der Waals surface area contributed by atoms with E-state index in [1.807, 2.05) is 24.0 Å². The van der Waals surface area contributed by atoms with Crippen molar-refractivity contribution in [3.8, 4) is 0 Å². The van der Waals surface area contributed by atoms with Crippen molar-refractivity contribution in [3.63, 3.8) is 0 Å². The number of thioether (sulfide) groups is 1. The van der Waals surface area contributed by atoms with Gasteiger partial charge in [0.05, 0.1) is 0 Å². The smallest absolute Gasteiger partial charge is 0.104 e. The van der Waals surface area contributed by atoms with Crippen molar-refractivity contribution in [1.82, 2.24) is 4.98 Å². The van der Waals surface area contributed by atoms with Crippen LogP contribution in [0.25, 0.3) is 0 Å². The third kappa shape index (κ3) is 1.71. The van der Waals surface area contributed by atoms with E-state index >= 15 is 0 Å². The maximum Gasteiger partial charge on any atom is 0.104 e. The minimum Gasteiger partial charge on any atom is -0.249 e. The first-order chi connectivity index (χ1) is 6.85. The van der Waals surface area contributed by atoms with E-state index in [1.165, 1.54) is 21.9 Å². The molecule has 1 aliphatic heterocycles. The lowest BCUT2D eigenvalue weighted by Crippen LogP contribution is -2.02. The molecule has 0 saturated heterocycles. The summed E-state index contributed by atoms with van der Waals surface area (Å²) >= 11 is 1.86. The van der Waals surface area contributed by atoms with Gasteiger partial charge >= 0.3 is 0 Å². The van der Waals surface area contributed by atoms with Gasteiger partial charge in [-0.1, -0.05) is 37.2 Å². The molecule has 0 atom stereocenters.